The summed E-state index contributed by atoms with van der Waals surface area (Å²) in [5.74, 6) is -0.439. The third kappa shape index (κ3) is 4.74. The highest BCUT2D eigenvalue weighted by Crippen LogP contribution is 2.03. The Balaban J connectivity index is 3.84. The lowest BCUT2D eigenvalue weighted by atomic mass is 10.4. The van der Waals surface area contributed by atoms with E-state index in [9.17, 15) is 4.79 Å². The number of rotatable bonds is 4. The fraction of sp³-hybridized carbons (Fsp3) is 0.222. The first-order chi connectivity index (χ1) is 5.57. The van der Waals surface area contributed by atoms with E-state index in [-0.39, 0.29) is 6.61 Å². The summed E-state index contributed by atoms with van der Waals surface area (Å²) in [5.41, 5.74) is 0.359. The molecule has 0 rings (SSSR count). The van der Waals surface area contributed by atoms with Crippen LogP contribution in [0.4, 0.5) is 0 Å². The molecule has 12 heavy (non-hydrogen) atoms. The van der Waals surface area contributed by atoms with Crippen molar-refractivity contribution < 1.29 is 9.53 Å². The molecule has 0 atom stereocenters. The lowest BCUT2D eigenvalue weighted by Crippen LogP contribution is -2.05. The number of halogens is 1. The molecule has 2 nitrogen and oxygen atoms in total. The number of carbonyl (C=O) groups is 1. The summed E-state index contributed by atoms with van der Waals surface area (Å²) in [6.07, 6.45) is 3.09. The van der Waals surface area contributed by atoms with Crippen molar-refractivity contribution in [3.05, 3.63) is 35.9 Å². The number of carbonyl (C=O) groups excluding carboxylic acids is 1. The van der Waals surface area contributed by atoms with Crippen molar-refractivity contribution in [3.8, 4) is 0 Å². The number of esters is 1. The normalized spacial score (nSPS) is 10.7. The van der Waals surface area contributed by atoms with Crippen LogP contribution in [0.15, 0.2) is 35.9 Å². The van der Waals surface area contributed by atoms with Crippen molar-refractivity contribution in [2.45, 2.75) is 6.92 Å². The highest BCUT2D eigenvalue weighted by molar-refractivity contribution is 6.29. The van der Waals surface area contributed by atoms with Crippen LogP contribution in [0.25, 0.3) is 0 Å². The summed E-state index contributed by atoms with van der Waals surface area (Å²) < 4.78 is 4.73. The van der Waals surface area contributed by atoms with Crippen LogP contribution in [-0.2, 0) is 9.53 Å². The average molecular weight is 187 g/mol. The highest BCUT2D eigenvalue weighted by atomic mass is 35.5. The van der Waals surface area contributed by atoms with E-state index in [1.807, 2.05) is 0 Å². The monoisotopic (exact) mass is 186 g/mol. The van der Waals surface area contributed by atoms with Gasteiger partial charge in [-0.2, -0.15) is 0 Å². The first-order valence-electron chi connectivity index (χ1n) is 3.37. The van der Waals surface area contributed by atoms with Crippen LogP contribution in [0.1, 0.15) is 6.92 Å². The summed E-state index contributed by atoms with van der Waals surface area (Å²) in [6.45, 7) is 8.51. The SMILES string of the molecule is C=C/C=C(\Cl)COC(=O)C(=C)C. The fourth-order valence-corrected chi connectivity index (χ4v) is 0.577. The molecule has 0 aromatic rings. The maximum atomic E-state index is 10.8. The smallest absolute Gasteiger partial charge is 0.333 e. The first kappa shape index (κ1) is 11.0. The lowest BCUT2D eigenvalue weighted by molar-refractivity contribution is -0.137. The van der Waals surface area contributed by atoms with Crippen molar-refractivity contribution in [1.29, 1.82) is 0 Å². The standard InChI is InChI=1S/C9H11ClO2/c1-4-5-8(10)6-12-9(11)7(2)3/h4-5H,1-2,6H2,3H3/b8-5-. The van der Waals surface area contributed by atoms with E-state index >= 15 is 0 Å². The Morgan fingerprint density at radius 2 is 2.25 bits per heavy atom. The van der Waals surface area contributed by atoms with Gasteiger partial charge >= 0.3 is 5.97 Å². The molecule has 0 aromatic carbocycles. The maximum absolute atomic E-state index is 10.8. The van der Waals surface area contributed by atoms with Crippen LogP contribution in [0, 0.1) is 0 Å². The van der Waals surface area contributed by atoms with E-state index in [0.717, 1.165) is 0 Å². The van der Waals surface area contributed by atoms with Gasteiger partial charge in [-0.05, 0) is 13.0 Å². The van der Waals surface area contributed by atoms with E-state index in [0.29, 0.717) is 10.6 Å². The van der Waals surface area contributed by atoms with Crippen LogP contribution in [0.3, 0.4) is 0 Å². The zero-order chi connectivity index (χ0) is 9.56. The predicted octanol–water partition coefficient (Wildman–Crippen LogP) is 2.41. The van der Waals surface area contributed by atoms with Gasteiger partial charge in [0.15, 0.2) is 0 Å². The lowest BCUT2D eigenvalue weighted by Gasteiger charge is -2.01. The van der Waals surface area contributed by atoms with E-state index in [4.69, 9.17) is 16.3 Å². The van der Waals surface area contributed by atoms with Crippen molar-refractivity contribution >= 4 is 17.6 Å². The molecule has 0 fully saturated rings. The van der Waals surface area contributed by atoms with Gasteiger partial charge in [-0.1, -0.05) is 30.8 Å². The molecular formula is C9H11ClO2. The number of hydrogen-bond acceptors (Lipinski definition) is 2. The molecule has 0 radical (unpaired) electrons. The van der Waals surface area contributed by atoms with Gasteiger partial charge < -0.3 is 4.74 Å². The van der Waals surface area contributed by atoms with Crippen molar-refractivity contribution in [3.63, 3.8) is 0 Å². The minimum atomic E-state index is -0.439. The Bertz CT molecular complexity index is 227. The van der Waals surface area contributed by atoms with E-state index in [2.05, 4.69) is 13.2 Å². The van der Waals surface area contributed by atoms with Gasteiger partial charge in [0.1, 0.15) is 6.61 Å². The summed E-state index contributed by atoms with van der Waals surface area (Å²) in [7, 11) is 0. The Kier molecular flexibility index (Phi) is 5.13. The highest BCUT2D eigenvalue weighted by Gasteiger charge is 2.02. The molecule has 66 valence electrons. The molecule has 0 aromatic heterocycles. The first-order valence-corrected chi connectivity index (χ1v) is 3.75. The number of ether oxygens (including phenoxy) is 1. The van der Waals surface area contributed by atoms with E-state index in [1.165, 1.54) is 6.08 Å². The van der Waals surface area contributed by atoms with Gasteiger partial charge in [0, 0.05) is 5.57 Å². The van der Waals surface area contributed by atoms with Crippen LogP contribution in [0.5, 0.6) is 0 Å². The molecule has 0 aliphatic rings. The molecule has 0 bridgehead atoms. The molecule has 3 heteroatoms. The third-order valence-electron chi connectivity index (χ3n) is 0.988. The van der Waals surface area contributed by atoms with Gasteiger partial charge in [-0.3, -0.25) is 0 Å². The number of allylic oxidation sites excluding steroid dienone is 2. The molecule has 0 amide bonds. The molecule has 0 aliphatic carbocycles. The summed E-state index contributed by atoms with van der Waals surface area (Å²) in [6, 6.07) is 0. The summed E-state index contributed by atoms with van der Waals surface area (Å²) >= 11 is 5.61. The molecule has 0 spiro atoms. The Hall–Kier alpha value is -1.02. The Morgan fingerprint density at radius 1 is 1.67 bits per heavy atom. The third-order valence-corrected chi connectivity index (χ3v) is 1.22. The fourth-order valence-electron chi connectivity index (χ4n) is 0.434. The average Bonchev–Trinajstić information content (AvgIpc) is 2.00. The second-order valence-electron chi connectivity index (χ2n) is 2.21. The molecule has 0 unspecified atom stereocenters. The van der Waals surface area contributed by atoms with Crippen LogP contribution in [-0.4, -0.2) is 12.6 Å². The number of hydrogen-bond donors (Lipinski definition) is 0. The zero-order valence-corrected chi connectivity index (χ0v) is 7.73. The zero-order valence-electron chi connectivity index (χ0n) is 6.97. The van der Waals surface area contributed by atoms with Crippen LogP contribution >= 0.6 is 11.6 Å². The summed E-state index contributed by atoms with van der Waals surface area (Å²) in [4.78, 5) is 10.8. The molecular weight excluding hydrogens is 176 g/mol. The Morgan fingerprint density at radius 3 is 2.67 bits per heavy atom. The largest absolute Gasteiger partial charge is 0.457 e. The molecule has 0 heterocycles. The minimum absolute atomic E-state index is 0.0687. The van der Waals surface area contributed by atoms with Gasteiger partial charge in [0.25, 0.3) is 0 Å². The second-order valence-corrected chi connectivity index (χ2v) is 2.69. The van der Waals surface area contributed by atoms with Crippen LogP contribution in [0.2, 0.25) is 0 Å². The minimum Gasteiger partial charge on any atom is -0.457 e. The molecule has 0 saturated heterocycles. The van der Waals surface area contributed by atoms with Gasteiger partial charge in [0.05, 0.1) is 5.03 Å². The van der Waals surface area contributed by atoms with Crippen molar-refractivity contribution in [1.82, 2.24) is 0 Å². The van der Waals surface area contributed by atoms with Gasteiger partial charge in [-0.15, -0.1) is 0 Å². The second kappa shape index (κ2) is 5.61. The molecule has 0 N–H and O–H groups in total. The van der Waals surface area contributed by atoms with Crippen LogP contribution < -0.4 is 0 Å². The quantitative estimate of drug-likeness (QED) is 0.383. The topological polar surface area (TPSA) is 26.3 Å². The van der Waals surface area contributed by atoms with Crippen molar-refractivity contribution in [2.75, 3.05) is 6.61 Å². The summed E-state index contributed by atoms with van der Waals surface area (Å²) in [5, 5.41) is 0.430. The molecule has 0 saturated carbocycles. The molecule has 0 aliphatic heterocycles. The van der Waals surface area contributed by atoms with E-state index < -0.39 is 5.97 Å². The van der Waals surface area contributed by atoms with E-state index in [1.54, 1.807) is 13.0 Å². The predicted molar refractivity (Wildman–Crippen MR) is 49.9 cm³/mol. The van der Waals surface area contributed by atoms with Crippen molar-refractivity contribution in [2.24, 2.45) is 0 Å². The maximum Gasteiger partial charge on any atom is 0.333 e. The Labute approximate surface area is 77.2 Å². The van der Waals surface area contributed by atoms with Gasteiger partial charge in [0.2, 0.25) is 0 Å². The van der Waals surface area contributed by atoms with Gasteiger partial charge in [-0.25, -0.2) is 4.79 Å².